The van der Waals surface area contributed by atoms with Crippen LogP contribution in [-0.4, -0.2) is 0 Å². The van der Waals surface area contributed by atoms with Crippen molar-refractivity contribution in [3.05, 3.63) is 34.9 Å². The molecule has 1 aromatic rings. The van der Waals surface area contributed by atoms with Crippen LogP contribution in [0.25, 0.3) is 0 Å². The van der Waals surface area contributed by atoms with Gasteiger partial charge in [0.2, 0.25) is 0 Å². The predicted molar refractivity (Wildman–Crippen MR) is 115 cm³/mol. The minimum Gasteiger partial charge on any atom is -0.203 e. The Bertz CT molecular complexity index is 593. The van der Waals surface area contributed by atoms with Crippen molar-refractivity contribution in [2.24, 2.45) is 17.8 Å². The molecule has 0 atom stereocenters. The van der Waals surface area contributed by atoms with E-state index in [1.165, 1.54) is 51.4 Å². The number of hydrogen-bond donors (Lipinski definition) is 0. The standard InChI is InChI=1S/C26H40F2/c1-3-5-6-8-23-17-18-24(26(28)25(23)27)22-15-13-21(14-16-22)20-11-9-19(7-4-2)10-12-20/h17-22H,3-16H2,1-2H3. The maximum Gasteiger partial charge on any atom is 0.162 e. The molecule has 0 bridgehead atoms. The van der Waals surface area contributed by atoms with Crippen LogP contribution in [0.5, 0.6) is 0 Å². The Morgan fingerprint density at radius 2 is 1.39 bits per heavy atom. The molecule has 3 rings (SSSR count). The van der Waals surface area contributed by atoms with Crippen LogP contribution < -0.4 is 0 Å². The molecule has 0 saturated heterocycles. The topological polar surface area (TPSA) is 0 Å². The summed E-state index contributed by atoms with van der Waals surface area (Å²) in [6.07, 6.45) is 16.6. The van der Waals surface area contributed by atoms with Gasteiger partial charge < -0.3 is 0 Å². The fourth-order valence-electron chi connectivity index (χ4n) is 5.94. The van der Waals surface area contributed by atoms with Gasteiger partial charge in [0.25, 0.3) is 0 Å². The molecule has 1 aromatic carbocycles. The van der Waals surface area contributed by atoms with Crippen LogP contribution in [0.2, 0.25) is 0 Å². The van der Waals surface area contributed by atoms with E-state index in [1.54, 1.807) is 0 Å². The SMILES string of the molecule is CCCCCc1ccc(C2CCC(C3CCC(CCC)CC3)CC2)c(F)c1F. The maximum absolute atomic E-state index is 14.7. The molecule has 28 heavy (non-hydrogen) atoms. The highest BCUT2D eigenvalue weighted by Gasteiger charge is 2.32. The summed E-state index contributed by atoms with van der Waals surface area (Å²) in [4.78, 5) is 0. The van der Waals surface area contributed by atoms with Crippen molar-refractivity contribution in [3.8, 4) is 0 Å². The molecule has 2 aliphatic rings. The Morgan fingerprint density at radius 3 is 2.00 bits per heavy atom. The largest absolute Gasteiger partial charge is 0.203 e. The third-order valence-electron chi connectivity index (χ3n) is 7.71. The van der Waals surface area contributed by atoms with Gasteiger partial charge in [0.15, 0.2) is 11.6 Å². The summed E-state index contributed by atoms with van der Waals surface area (Å²) in [5.41, 5.74) is 1.20. The van der Waals surface area contributed by atoms with Gasteiger partial charge in [-0.05, 0) is 86.2 Å². The van der Waals surface area contributed by atoms with Gasteiger partial charge in [-0.3, -0.25) is 0 Å². The lowest BCUT2D eigenvalue weighted by molar-refractivity contribution is 0.156. The Labute approximate surface area is 171 Å². The normalized spacial score (nSPS) is 28.4. The van der Waals surface area contributed by atoms with E-state index in [-0.39, 0.29) is 5.92 Å². The zero-order chi connectivity index (χ0) is 19.9. The summed E-state index contributed by atoms with van der Waals surface area (Å²) < 4.78 is 29.3. The number of halogens is 2. The average Bonchev–Trinajstić information content (AvgIpc) is 2.72. The molecule has 0 N–H and O–H groups in total. The predicted octanol–water partition coefficient (Wildman–Crippen LogP) is 8.58. The van der Waals surface area contributed by atoms with Crippen molar-refractivity contribution in [1.82, 2.24) is 0 Å². The second kappa shape index (κ2) is 10.7. The zero-order valence-corrected chi connectivity index (χ0v) is 18.1. The summed E-state index contributed by atoms with van der Waals surface area (Å²) in [5.74, 6) is 1.75. The summed E-state index contributed by atoms with van der Waals surface area (Å²) in [6.45, 7) is 4.43. The van der Waals surface area contributed by atoms with E-state index in [9.17, 15) is 8.78 Å². The molecule has 0 spiro atoms. The van der Waals surface area contributed by atoms with Crippen molar-refractivity contribution in [3.63, 3.8) is 0 Å². The van der Waals surface area contributed by atoms with Gasteiger partial charge >= 0.3 is 0 Å². The fraction of sp³-hybridized carbons (Fsp3) is 0.769. The van der Waals surface area contributed by atoms with Crippen LogP contribution >= 0.6 is 0 Å². The van der Waals surface area contributed by atoms with Crippen LogP contribution in [0.3, 0.4) is 0 Å². The van der Waals surface area contributed by atoms with Crippen LogP contribution in [0.4, 0.5) is 8.78 Å². The van der Waals surface area contributed by atoms with Gasteiger partial charge in [-0.1, -0.05) is 64.5 Å². The van der Waals surface area contributed by atoms with Crippen LogP contribution in [0, 0.1) is 29.4 Å². The lowest BCUT2D eigenvalue weighted by Crippen LogP contribution is -2.25. The number of unbranched alkanes of at least 4 members (excludes halogenated alkanes) is 2. The molecule has 0 aliphatic heterocycles. The third kappa shape index (κ3) is 5.36. The molecule has 158 valence electrons. The van der Waals surface area contributed by atoms with Gasteiger partial charge in [0, 0.05) is 0 Å². The monoisotopic (exact) mass is 390 g/mol. The number of hydrogen-bond acceptors (Lipinski definition) is 0. The van der Waals surface area contributed by atoms with Gasteiger partial charge in [-0.25, -0.2) is 8.78 Å². The van der Waals surface area contributed by atoms with E-state index in [0.29, 0.717) is 17.5 Å². The lowest BCUT2D eigenvalue weighted by atomic mass is 9.68. The number of aryl methyl sites for hydroxylation is 1. The van der Waals surface area contributed by atoms with Crippen molar-refractivity contribution in [1.29, 1.82) is 0 Å². The molecular formula is C26H40F2. The van der Waals surface area contributed by atoms with Gasteiger partial charge in [-0.15, -0.1) is 0 Å². The minimum atomic E-state index is -0.579. The van der Waals surface area contributed by atoms with Crippen LogP contribution in [-0.2, 0) is 6.42 Å². The van der Waals surface area contributed by atoms with Crippen molar-refractivity contribution in [2.45, 2.75) is 110 Å². The number of rotatable bonds is 8. The van der Waals surface area contributed by atoms with Gasteiger partial charge in [0.05, 0.1) is 0 Å². The second-order valence-corrected chi connectivity index (χ2v) is 9.58. The van der Waals surface area contributed by atoms with Gasteiger partial charge in [-0.2, -0.15) is 0 Å². The quantitative estimate of drug-likeness (QED) is 0.390. The Kier molecular flexibility index (Phi) is 8.36. The second-order valence-electron chi connectivity index (χ2n) is 9.58. The fourth-order valence-corrected chi connectivity index (χ4v) is 5.94. The number of benzene rings is 1. The highest BCUT2D eigenvalue weighted by molar-refractivity contribution is 5.29. The zero-order valence-electron chi connectivity index (χ0n) is 18.1. The molecule has 2 fully saturated rings. The van der Waals surface area contributed by atoms with E-state index in [4.69, 9.17) is 0 Å². The Hall–Kier alpha value is -0.920. The van der Waals surface area contributed by atoms with E-state index in [0.717, 1.165) is 49.9 Å². The van der Waals surface area contributed by atoms with E-state index in [1.807, 2.05) is 12.1 Å². The average molecular weight is 391 g/mol. The summed E-state index contributed by atoms with van der Waals surface area (Å²) >= 11 is 0. The molecule has 0 amide bonds. The first kappa shape index (κ1) is 21.8. The van der Waals surface area contributed by atoms with Crippen LogP contribution in [0.1, 0.15) is 114 Å². The van der Waals surface area contributed by atoms with E-state index >= 15 is 0 Å². The maximum atomic E-state index is 14.7. The van der Waals surface area contributed by atoms with E-state index in [2.05, 4.69) is 13.8 Å². The molecule has 2 saturated carbocycles. The Balaban J connectivity index is 1.53. The first-order valence-electron chi connectivity index (χ1n) is 12.1. The molecule has 2 aliphatic carbocycles. The van der Waals surface area contributed by atoms with Gasteiger partial charge in [0.1, 0.15) is 0 Å². The first-order valence-corrected chi connectivity index (χ1v) is 12.1. The molecule has 0 radical (unpaired) electrons. The van der Waals surface area contributed by atoms with Crippen molar-refractivity contribution >= 4 is 0 Å². The molecule has 0 unspecified atom stereocenters. The van der Waals surface area contributed by atoms with Crippen molar-refractivity contribution in [2.75, 3.05) is 0 Å². The van der Waals surface area contributed by atoms with E-state index < -0.39 is 11.6 Å². The summed E-state index contributed by atoms with van der Waals surface area (Å²) in [7, 11) is 0. The van der Waals surface area contributed by atoms with Crippen LogP contribution in [0.15, 0.2) is 12.1 Å². The molecule has 0 aromatic heterocycles. The lowest BCUT2D eigenvalue weighted by Gasteiger charge is -2.38. The summed E-state index contributed by atoms with van der Waals surface area (Å²) in [6, 6.07) is 3.74. The molecular weight excluding hydrogens is 350 g/mol. The first-order chi connectivity index (χ1) is 13.6. The van der Waals surface area contributed by atoms with Crippen molar-refractivity contribution < 1.29 is 8.78 Å². The Morgan fingerprint density at radius 1 is 0.750 bits per heavy atom. The smallest absolute Gasteiger partial charge is 0.162 e. The molecule has 0 heterocycles. The molecule has 0 nitrogen and oxygen atoms in total. The minimum absolute atomic E-state index is 0.215. The summed E-state index contributed by atoms with van der Waals surface area (Å²) in [5, 5.41) is 0. The third-order valence-corrected chi connectivity index (χ3v) is 7.71. The molecule has 2 heteroatoms. The highest BCUT2D eigenvalue weighted by Crippen LogP contribution is 2.45. The highest BCUT2D eigenvalue weighted by atomic mass is 19.2.